The van der Waals surface area contributed by atoms with E-state index in [4.69, 9.17) is 21.1 Å². The van der Waals surface area contributed by atoms with Crippen molar-refractivity contribution in [1.29, 1.82) is 0 Å². The van der Waals surface area contributed by atoms with Crippen LogP contribution in [0.5, 0.6) is 11.6 Å². The summed E-state index contributed by atoms with van der Waals surface area (Å²) >= 11 is 5.90. The topological polar surface area (TPSA) is 86.5 Å². The first kappa shape index (κ1) is 24.1. The van der Waals surface area contributed by atoms with E-state index in [2.05, 4.69) is 9.97 Å². The molecule has 8 heteroatoms. The van der Waals surface area contributed by atoms with Crippen molar-refractivity contribution in [3.05, 3.63) is 71.6 Å². The van der Waals surface area contributed by atoms with Crippen molar-refractivity contribution < 1.29 is 19.4 Å². The van der Waals surface area contributed by atoms with E-state index in [1.54, 1.807) is 59.4 Å². The zero-order valence-electron chi connectivity index (χ0n) is 18.8. The van der Waals surface area contributed by atoms with Crippen molar-refractivity contribution in [3.63, 3.8) is 0 Å². The normalized spacial score (nSPS) is 10.4. The lowest BCUT2D eigenvalue weighted by molar-refractivity contribution is 0.0684. The number of fused-ring (bicyclic) bond motifs is 1. The quantitative estimate of drug-likeness (QED) is 0.344. The highest BCUT2D eigenvalue weighted by molar-refractivity contribution is 6.30. The second-order valence-electron chi connectivity index (χ2n) is 6.70. The van der Waals surface area contributed by atoms with Gasteiger partial charge in [-0.05, 0) is 49.4 Å². The lowest BCUT2D eigenvalue weighted by Gasteiger charge is -2.11. The van der Waals surface area contributed by atoms with Crippen LogP contribution in [-0.4, -0.2) is 38.8 Å². The van der Waals surface area contributed by atoms with Crippen LogP contribution in [-0.2, 0) is 6.54 Å². The number of hydrogen-bond acceptors (Lipinski definition) is 5. The summed E-state index contributed by atoms with van der Waals surface area (Å²) in [4.78, 5) is 20.6. The molecule has 0 amide bonds. The smallest absolute Gasteiger partial charge is 0.352 e. The predicted octanol–water partition coefficient (Wildman–Crippen LogP) is 5.95. The van der Waals surface area contributed by atoms with E-state index >= 15 is 0 Å². The number of aromatic nitrogens is 3. The van der Waals surface area contributed by atoms with Crippen molar-refractivity contribution in [1.82, 2.24) is 14.5 Å². The summed E-state index contributed by atoms with van der Waals surface area (Å²) in [6.07, 6.45) is 3.32. The Hall–Kier alpha value is -3.58. The second-order valence-corrected chi connectivity index (χ2v) is 7.13. The molecule has 33 heavy (non-hydrogen) atoms. The van der Waals surface area contributed by atoms with Crippen LogP contribution in [0.2, 0.25) is 5.02 Å². The summed E-state index contributed by atoms with van der Waals surface area (Å²) in [7, 11) is 0. The van der Waals surface area contributed by atoms with Crippen molar-refractivity contribution in [2.75, 3.05) is 13.2 Å². The fourth-order valence-corrected chi connectivity index (χ4v) is 3.53. The Morgan fingerprint density at radius 2 is 1.76 bits per heavy atom. The SMILES string of the molecule is CC.CCOc1cc(-c2nccc3c2cc(C(=O)O)n3CCOc2ccc(Cl)cc2)ccn1. The van der Waals surface area contributed by atoms with Crippen LogP contribution < -0.4 is 9.47 Å². The number of halogens is 1. The van der Waals surface area contributed by atoms with Crippen LogP contribution in [0.4, 0.5) is 0 Å². The highest BCUT2D eigenvalue weighted by Gasteiger charge is 2.18. The molecule has 4 rings (SSSR count). The van der Waals surface area contributed by atoms with Crippen LogP contribution in [0.25, 0.3) is 22.2 Å². The first-order valence-corrected chi connectivity index (χ1v) is 11.1. The molecule has 0 aliphatic rings. The van der Waals surface area contributed by atoms with Gasteiger partial charge in [0.1, 0.15) is 18.1 Å². The molecule has 0 unspecified atom stereocenters. The van der Waals surface area contributed by atoms with Gasteiger partial charge in [-0.15, -0.1) is 0 Å². The Bertz CT molecular complexity index is 1220. The average molecular weight is 468 g/mol. The van der Waals surface area contributed by atoms with E-state index in [9.17, 15) is 9.90 Å². The Morgan fingerprint density at radius 1 is 1.03 bits per heavy atom. The van der Waals surface area contributed by atoms with E-state index < -0.39 is 5.97 Å². The first-order valence-electron chi connectivity index (χ1n) is 10.8. The third kappa shape index (κ3) is 5.62. The third-order valence-electron chi connectivity index (χ3n) is 4.75. The Balaban J connectivity index is 0.00000149. The molecule has 1 aromatic carbocycles. The first-order chi connectivity index (χ1) is 16.1. The monoisotopic (exact) mass is 467 g/mol. The van der Waals surface area contributed by atoms with Crippen LogP contribution in [0.3, 0.4) is 0 Å². The molecule has 0 fully saturated rings. The maximum absolute atomic E-state index is 11.9. The van der Waals surface area contributed by atoms with Gasteiger partial charge >= 0.3 is 5.97 Å². The number of pyridine rings is 2. The van der Waals surface area contributed by atoms with Crippen LogP contribution in [0, 0.1) is 0 Å². The molecule has 1 N–H and O–H groups in total. The average Bonchev–Trinajstić information content (AvgIpc) is 3.21. The van der Waals surface area contributed by atoms with Gasteiger partial charge in [-0.3, -0.25) is 4.98 Å². The van der Waals surface area contributed by atoms with Crippen LogP contribution in [0.1, 0.15) is 31.3 Å². The lowest BCUT2D eigenvalue weighted by atomic mass is 10.1. The van der Waals surface area contributed by atoms with Crippen molar-refractivity contribution >= 4 is 28.5 Å². The van der Waals surface area contributed by atoms with E-state index in [0.717, 1.165) is 16.5 Å². The van der Waals surface area contributed by atoms with Crippen molar-refractivity contribution in [2.45, 2.75) is 27.3 Å². The lowest BCUT2D eigenvalue weighted by Crippen LogP contribution is -2.13. The molecule has 3 heterocycles. The number of nitrogens with zero attached hydrogens (tertiary/aromatic N) is 3. The zero-order chi connectivity index (χ0) is 23.8. The minimum atomic E-state index is -1.02. The van der Waals surface area contributed by atoms with E-state index in [1.807, 2.05) is 26.8 Å². The van der Waals surface area contributed by atoms with E-state index in [1.165, 1.54) is 0 Å². The Labute approximate surface area is 197 Å². The summed E-state index contributed by atoms with van der Waals surface area (Å²) < 4.78 is 13.0. The predicted molar refractivity (Wildman–Crippen MR) is 129 cm³/mol. The van der Waals surface area contributed by atoms with Gasteiger partial charge in [0.25, 0.3) is 0 Å². The number of carboxylic acid groups (broad SMARTS) is 1. The van der Waals surface area contributed by atoms with E-state index in [-0.39, 0.29) is 5.69 Å². The maximum Gasteiger partial charge on any atom is 0.352 e. The molecule has 0 saturated heterocycles. The summed E-state index contributed by atoms with van der Waals surface area (Å²) in [5.41, 5.74) is 2.40. The van der Waals surface area contributed by atoms with Gasteiger partial charge in [0.2, 0.25) is 5.88 Å². The molecule has 172 valence electrons. The number of carboxylic acids is 1. The van der Waals surface area contributed by atoms with Crippen molar-refractivity contribution in [3.8, 4) is 22.9 Å². The zero-order valence-corrected chi connectivity index (χ0v) is 19.5. The molecule has 0 saturated carbocycles. The molecule has 0 aliphatic carbocycles. The molecular formula is C25H26ClN3O4. The molecule has 7 nitrogen and oxygen atoms in total. The van der Waals surface area contributed by atoms with Gasteiger partial charge in [-0.25, -0.2) is 9.78 Å². The van der Waals surface area contributed by atoms with Gasteiger partial charge in [0, 0.05) is 34.4 Å². The number of aromatic carboxylic acids is 1. The number of benzene rings is 1. The Morgan fingerprint density at radius 3 is 2.45 bits per heavy atom. The Kier molecular flexibility index (Phi) is 8.27. The minimum absolute atomic E-state index is 0.169. The second kappa shape index (κ2) is 11.3. The fraction of sp³-hybridized carbons (Fsp3) is 0.240. The highest BCUT2D eigenvalue weighted by Crippen LogP contribution is 2.30. The van der Waals surface area contributed by atoms with Gasteiger partial charge in [-0.2, -0.15) is 0 Å². The van der Waals surface area contributed by atoms with Crippen LogP contribution >= 0.6 is 11.6 Å². The summed E-state index contributed by atoms with van der Waals surface area (Å²) in [5.74, 6) is 0.145. The summed E-state index contributed by atoms with van der Waals surface area (Å²) in [5, 5.41) is 11.1. The number of hydrogen-bond donors (Lipinski definition) is 1. The van der Waals surface area contributed by atoms with Gasteiger partial charge in [0.05, 0.1) is 24.4 Å². The molecule has 0 bridgehead atoms. The largest absolute Gasteiger partial charge is 0.492 e. The standard InChI is InChI=1S/C23H20ClN3O4.C2H6/c1-2-30-21-13-15(7-9-25-21)22-18-14-20(23(28)29)27(19(18)8-10-26-22)11-12-31-17-5-3-16(24)4-6-17;1-2/h3-10,13-14H,2,11-12H2,1H3,(H,28,29);1-2H3. The fourth-order valence-electron chi connectivity index (χ4n) is 3.40. The molecule has 0 aliphatic heterocycles. The molecule has 0 radical (unpaired) electrons. The van der Waals surface area contributed by atoms with Gasteiger partial charge < -0.3 is 19.1 Å². The van der Waals surface area contributed by atoms with Gasteiger partial charge in [0.15, 0.2) is 0 Å². The molecule has 0 atom stereocenters. The summed E-state index contributed by atoms with van der Waals surface area (Å²) in [6, 6.07) is 14.1. The number of rotatable bonds is 8. The molecular weight excluding hydrogens is 442 g/mol. The highest BCUT2D eigenvalue weighted by atomic mass is 35.5. The van der Waals surface area contributed by atoms with E-state index in [0.29, 0.717) is 42.1 Å². The number of carbonyl (C=O) groups is 1. The van der Waals surface area contributed by atoms with Crippen LogP contribution in [0.15, 0.2) is 60.9 Å². The van der Waals surface area contributed by atoms with Crippen molar-refractivity contribution in [2.24, 2.45) is 0 Å². The third-order valence-corrected chi connectivity index (χ3v) is 5.00. The van der Waals surface area contributed by atoms with Gasteiger partial charge in [-0.1, -0.05) is 25.4 Å². The number of ether oxygens (including phenoxy) is 2. The molecule has 4 aromatic rings. The summed E-state index contributed by atoms with van der Waals surface area (Å²) in [6.45, 7) is 7.05. The minimum Gasteiger partial charge on any atom is -0.492 e. The molecule has 0 spiro atoms. The maximum atomic E-state index is 11.9. The molecule has 3 aromatic heterocycles.